The van der Waals surface area contributed by atoms with Crippen molar-refractivity contribution in [2.75, 3.05) is 0 Å². The van der Waals surface area contributed by atoms with Crippen LogP contribution in [0.15, 0.2) is 36.4 Å². The molecule has 1 aliphatic heterocycles. The number of rotatable bonds is 2. The molecule has 1 aliphatic rings. The van der Waals surface area contributed by atoms with E-state index in [-0.39, 0.29) is 16.8 Å². The van der Waals surface area contributed by atoms with Gasteiger partial charge in [-0.05, 0) is 18.2 Å². The fourth-order valence-corrected chi connectivity index (χ4v) is 2.34. The molecule has 0 N–H and O–H groups in total. The lowest BCUT2D eigenvalue weighted by atomic mass is 10.1. The van der Waals surface area contributed by atoms with Gasteiger partial charge in [-0.1, -0.05) is 17.2 Å². The maximum Gasteiger partial charge on any atom is 0.453 e. The van der Waals surface area contributed by atoms with E-state index in [1.54, 1.807) is 12.1 Å². The lowest BCUT2D eigenvalue weighted by Crippen LogP contribution is -2.33. The largest absolute Gasteiger partial charge is 0.453 e. The molecule has 0 saturated carbocycles. The number of amides is 2. The Kier molecular flexibility index (Phi) is 3.01. The summed E-state index contributed by atoms with van der Waals surface area (Å²) in [7, 11) is 0. The summed E-state index contributed by atoms with van der Waals surface area (Å²) in [6, 6.07) is 8.37. The maximum absolute atomic E-state index is 12.9. The normalized spacial score (nSPS) is 14.3. The molecular weight excluding hydrogens is 343 g/mol. The second kappa shape index (κ2) is 5.00. The second-order valence-corrected chi connectivity index (χ2v) is 5.00. The van der Waals surface area contributed by atoms with Crippen molar-refractivity contribution in [3.05, 3.63) is 53.3 Å². The highest BCUT2D eigenvalue weighted by Crippen LogP contribution is 2.28. The van der Waals surface area contributed by atoms with E-state index in [9.17, 15) is 22.8 Å². The van der Waals surface area contributed by atoms with Gasteiger partial charge in [0.25, 0.3) is 23.5 Å². The number of hydroxylamine groups is 2. The first-order valence-electron chi connectivity index (χ1n) is 6.82. The predicted octanol–water partition coefficient (Wildman–Crippen LogP) is 1.73. The van der Waals surface area contributed by atoms with Gasteiger partial charge >= 0.3 is 6.18 Å². The van der Waals surface area contributed by atoms with E-state index in [0.29, 0.717) is 9.58 Å². The second-order valence-electron chi connectivity index (χ2n) is 5.00. The van der Waals surface area contributed by atoms with Crippen LogP contribution in [0, 0.1) is 0 Å². The zero-order valence-electron chi connectivity index (χ0n) is 12.1. The van der Waals surface area contributed by atoms with Crippen LogP contribution in [0.5, 0.6) is 5.88 Å². The average molecular weight is 349 g/mol. The van der Waals surface area contributed by atoms with Gasteiger partial charge in [0, 0.05) is 6.07 Å². The highest BCUT2D eigenvalue weighted by Gasteiger charge is 2.39. The summed E-state index contributed by atoms with van der Waals surface area (Å²) in [5.41, 5.74) is 0.102. The summed E-state index contributed by atoms with van der Waals surface area (Å²) in [5, 5.41) is 10.4. The molecule has 126 valence electrons. The summed E-state index contributed by atoms with van der Waals surface area (Å²) < 4.78 is 39.0. The third-order valence-corrected chi connectivity index (χ3v) is 3.43. The number of nitrogens with zero attached hydrogens (tertiary/aromatic N) is 5. The first-order valence-corrected chi connectivity index (χ1v) is 6.82. The molecular formula is C14H6F3N5O3. The SMILES string of the molecule is O=C1c2ccccc2C(=O)N1Oc1ccc2nnc(C(F)(F)F)n2n1. The van der Waals surface area contributed by atoms with Gasteiger partial charge < -0.3 is 4.84 Å². The van der Waals surface area contributed by atoms with E-state index >= 15 is 0 Å². The van der Waals surface area contributed by atoms with Crippen molar-refractivity contribution < 1.29 is 27.6 Å². The van der Waals surface area contributed by atoms with Crippen molar-refractivity contribution in [2.24, 2.45) is 0 Å². The van der Waals surface area contributed by atoms with Gasteiger partial charge in [-0.25, -0.2) is 0 Å². The van der Waals surface area contributed by atoms with Gasteiger partial charge in [0.05, 0.1) is 11.1 Å². The topological polar surface area (TPSA) is 89.7 Å². The number of hydrogen-bond acceptors (Lipinski definition) is 6. The molecule has 8 nitrogen and oxygen atoms in total. The minimum absolute atomic E-state index is 0.133. The summed E-state index contributed by atoms with van der Waals surface area (Å²) in [6.07, 6.45) is -4.78. The highest BCUT2D eigenvalue weighted by atomic mass is 19.4. The van der Waals surface area contributed by atoms with E-state index in [2.05, 4.69) is 15.3 Å². The van der Waals surface area contributed by atoms with Crippen LogP contribution in [0.25, 0.3) is 5.65 Å². The molecule has 4 rings (SSSR count). The summed E-state index contributed by atoms with van der Waals surface area (Å²) in [5.74, 6) is -3.22. The van der Waals surface area contributed by atoms with Crippen molar-refractivity contribution in [1.29, 1.82) is 0 Å². The fourth-order valence-electron chi connectivity index (χ4n) is 2.34. The number of alkyl halides is 3. The van der Waals surface area contributed by atoms with Gasteiger partial charge in [0.15, 0.2) is 5.65 Å². The van der Waals surface area contributed by atoms with E-state index in [4.69, 9.17) is 4.84 Å². The molecule has 3 aromatic rings. The van der Waals surface area contributed by atoms with Gasteiger partial charge in [-0.2, -0.15) is 17.7 Å². The van der Waals surface area contributed by atoms with E-state index < -0.39 is 29.7 Å². The zero-order chi connectivity index (χ0) is 17.8. The molecule has 11 heteroatoms. The minimum Gasteiger partial charge on any atom is -0.346 e. The van der Waals surface area contributed by atoms with Crippen molar-refractivity contribution in [2.45, 2.75) is 6.18 Å². The smallest absolute Gasteiger partial charge is 0.346 e. The molecule has 0 aliphatic carbocycles. The average Bonchev–Trinajstić information content (AvgIpc) is 3.10. The molecule has 0 radical (unpaired) electrons. The molecule has 0 atom stereocenters. The van der Waals surface area contributed by atoms with E-state index in [1.807, 2.05) is 0 Å². The van der Waals surface area contributed by atoms with Crippen LogP contribution in [0.3, 0.4) is 0 Å². The Morgan fingerprint density at radius 1 is 0.920 bits per heavy atom. The highest BCUT2D eigenvalue weighted by molar-refractivity contribution is 6.20. The molecule has 0 fully saturated rings. The monoisotopic (exact) mass is 349 g/mol. The predicted molar refractivity (Wildman–Crippen MR) is 73.4 cm³/mol. The number of halogens is 3. The molecule has 3 heterocycles. The number of benzene rings is 1. The standard InChI is InChI=1S/C14H6F3N5O3/c15-14(16,17)13-19-18-9-5-6-10(20-21(9)13)25-22-11(23)7-3-1-2-4-8(7)12(22)24/h1-6H. The molecule has 0 spiro atoms. The van der Waals surface area contributed by atoms with Crippen molar-refractivity contribution in [1.82, 2.24) is 24.9 Å². The maximum atomic E-state index is 12.9. The Hall–Kier alpha value is -3.50. The third-order valence-electron chi connectivity index (χ3n) is 3.43. The van der Waals surface area contributed by atoms with Crippen LogP contribution in [0.4, 0.5) is 13.2 Å². The van der Waals surface area contributed by atoms with E-state index in [1.165, 1.54) is 24.3 Å². The Morgan fingerprint density at radius 3 is 2.16 bits per heavy atom. The quantitative estimate of drug-likeness (QED) is 0.655. The number of imide groups is 1. The Bertz CT molecular complexity index is 995. The minimum atomic E-state index is -4.78. The first-order chi connectivity index (χ1) is 11.9. The van der Waals surface area contributed by atoms with Crippen molar-refractivity contribution in [3.8, 4) is 5.88 Å². The molecule has 2 amide bonds. The first kappa shape index (κ1) is 15.1. The van der Waals surface area contributed by atoms with Crippen molar-refractivity contribution in [3.63, 3.8) is 0 Å². The Morgan fingerprint density at radius 2 is 1.56 bits per heavy atom. The number of hydrogen-bond donors (Lipinski definition) is 0. The Labute approximate surface area is 136 Å². The fraction of sp³-hybridized carbons (Fsp3) is 0.0714. The number of aromatic nitrogens is 4. The third kappa shape index (κ3) is 2.28. The molecule has 1 aromatic carbocycles. The summed E-state index contributed by atoms with van der Waals surface area (Å²) in [4.78, 5) is 29.5. The van der Waals surface area contributed by atoms with Crippen LogP contribution < -0.4 is 4.84 Å². The number of fused-ring (bicyclic) bond motifs is 2. The summed E-state index contributed by atoms with van der Waals surface area (Å²) >= 11 is 0. The molecule has 0 unspecified atom stereocenters. The lowest BCUT2D eigenvalue weighted by Gasteiger charge is -2.13. The van der Waals surface area contributed by atoms with Gasteiger partial charge in [-0.15, -0.1) is 15.3 Å². The van der Waals surface area contributed by atoms with Gasteiger partial charge in [-0.3, -0.25) is 9.59 Å². The summed E-state index contributed by atoms with van der Waals surface area (Å²) in [6.45, 7) is 0. The van der Waals surface area contributed by atoms with Crippen LogP contribution in [-0.4, -0.2) is 36.7 Å². The molecule has 0 bridgehead atoms. The van der Waals surface area contributed by atoms with Crippen LogP contribution in [0.1, 0.15) is 26.5 Å². The van der Waals surface area contributed by atoms with Crippen LogP contribution in [0.2, 0.25) is 0 Å². The number of carbonyl (C=O) groups excluding carboxylic acids is 2. The van der Waals surface area contributed by atoms with Crippen LogP contribution >= 0.6 is 0 Å². The van der Waals surface area contributed by atoms with Gasteiger partial charge in [0.2, 0.25) is 0 Å². The zero-order valence-corrected chi connectivity index (χ0v) is 12.1. The molecule has 2 aromatic heterocycles. The Balaban J connectivity index is 1.70. The molecule has 0 saturated heterocycles. The molecule has 25 heavy (non-hydrogen) atoms. The van der Waals surface area contributed by atoms with E-state index in [0.717, 1.165) is 0 Å². The number of carbonyl (C=O) groups is 2. The van der Waals surface area contributed by atoms with Crippen molar-refractivity contribution >= 4 is 17.5 Å². The lowest BCUT2D eigenvalue weighted by molar-refractivity contribution is -0.146. The van der Waals surface area contributed by atoms with Crippen LogP contribution in [-0.2, 0) is 6.18 Å². The van der Waals surface area contributed by atoms with Gasteiger partial charge in [0.1, 0.15) is 0 Å².